The lowest BCUT2D eigenvalue weighted by Gasteiger charge is -2.14. The summed E-state index contributed by atoms with van der Waals surface area (Å²) >= 11 is 5.27. The summed E-state index contributed by atoms with van der Waals surface area (Å²) in [6.07, 6.45) is 0. The highest BCUT2D eigenvalue weighted by Gasteiger charge is 2.16. The van der Waals surface area contributed by atoms with Crippen LogP contribution in [0.1, 0.15) is 10.4 Å². The second-order valence-electron chi connectivity index (χ2n) is 7.91. The summed E-state index contributed by atoms with van der Waals surface area (Å²) in [5.41, 5.74) is 1.29. The predicted molar refractivity (Wildman–Crippen MR) is 151 cm³/mol. The molecule has 4 aromatic rings. The van der Waals surface area contributed by atoms with E-state index >= 15 is 0 Å². The molecule has 8 nitrogen and oxygen atoms in total. The Morgan fingerprint density at radius 2 is 1.32 bits per heavy atom. The van der Waals surface area contributed by atoms with Crippen molar-refractivity contribution in [1.82, 2.24) is 5.32 Å². The number of nitrogens with one attached hydrogen (secondary N) is 3. The monoisotopic (exact) mass is 547 g/mol. The second kappa shape index (κ2) is 12.7. The van der Waals surface area contributed by atoms with Crippen molar-refractivity contribution in [2.45, 2.75) is 4.90 Å². The average molecular weight is 548 g/mol. The highest BCUT2D eigenvalue weighted by Crippen LogP contribution is 2.20. The van der Waals surface area contributed by atoms with Crippen LogP contribution in [0.15, 0.2) is 114 Å². The summed E-state index contributed by atoms with van der Waals surface area (Å²) in [4.78, 5) is 12.9. The van der Waals surface area contributed by atoms with Crippen molar-refractivity contribution in [2.24, 2.45) is 0 Å². The maximum Gasteiger partial charge on any atom is 0.261 e. The Morgan fingerprint density at radius 1 is 0.711 bits per heavy atom. The van der Waals surface area contributed by atoms with Crippen LogP contribution in [0.3, 0.4) is 0 Å². The minimum atomic E-state index is -3.75. The number of sulfonamides is 1. The van der Waals surface area contributed by atoms with Crippen LogP contribution in [0.25, 0.3) is 0 Å². The molecule has 0 saturated carbocycles. The maximum atomic E-state index is 12.8. The third kappa shape index (κ3) is 7.55. The lowest BCUT2D eigenvalue weighted by atomic mass is 10.2. The van der Waals surface area contributed by atoms with Gasteiger partial charge in [-0.15, -0.1) is 0 Å². The van der Waals surface area contributed by atoms with Crippen molar-refractivity contribution < 1.29 is 22.7 Å². The lowest BCUT2D eigenvalue weighted by Crippen LogP contribution is -2.34. The van der Waals surface area contributed by atoms with Gasteiger partial charge in [-0.1, -0.05) is 48.5 Å². The Balaban J connectivity index is 1.30. The van der Waals surface area contributed by atoms with Crippen LogP contribution in [-0.4, -0.2) is 32.7 Å². The van der Waals surface area contributed by atoms with Crippen molar-refractivity contribution in [3.8, 4) is 11.5 Å². The molecule has 38 heavy (non-hydrogen) atoms. The molecule has 0 aromatic heterocycles. The molecule has 0 aliphatic carbocycles. The molecule has 0 radical (unpaired) electrons. The fourth-order valence-electron chi connectivity index (χ4n) is 3.38. The van der Waals surface area contributed by atoms with E-state index < -0.39 is 15.9 Å². The number of rotatable bonds is 10. The quantitative estimate of drug-likeness (QED) is 0.188. The largest absolute Gasteiger partial charge is 0.490 e. The van der Waals surface area contributed by atoms with Crippen LogP contribution in [0.2, 0.25) is 0 Å². The van der Waals surface area contributed by atoms with E-state index in [9.17, 15) is 13.2 Å². The molecule has 0 fully saturated rings. The molecule has 0 unspecified atom stereocenters. The molecule has 1 amide bonds. The van der Waals surface area contributed by atoms with Crippen LogP contribution >= 0.6 is 12.2 Å². The zero-order valence-corrected chi connectivity index (χ0v) is 21.8. The van der Waals surface area contributed by atoms with Crippen molar-refractivity contribution in [2.75, 3.05) is 23.3 Å². The zero-order valence-electron chi connectivity index (χ0n) is 20.2. The van der Waals surface area contributed by atoms with E-state index in [-0.39, 0.29) is 16.6 Å². The molecular formula is C28H25N3O5S2. The van der Waals surface area contributed by atoms with Gasteiger partial charge in [-0.2, -0.15) is 0 Å². The van der Waals surface area contributed by atoms with Gasteiger partial charge in [-0.3, -0.25) is 14.8 Å². The molecule has 0 spiro atoms. The molecule has 10 heteroatoms. The van der Waals surface area contributed by atoms with Crippen LogP contribution in [0.4, 0.5) is 11.4 Å². The Morgan fingerprint density at radius 3 is 2.03 bits per heavy atom. The standard InChI is InChI=1S/C28H25N3O5S2/c32-27(25-13-7-8-14-26(25)36-20-19-35-23-11-5-2-6-12-23)30-28(37)29-21-15-17-24(18-16-21)38(33,34)31-22-9-3-1-4-10-22/h1-18,31H,19-20H2,(H2,29,30,32,37). The molecule has 0 aliphatic rings. The summed E-state index contributed by atoms with van der Waals surface area (Å²) in [5, 5.41) is 5.55. The molecule has 4 rings (SSSR count). The van der Waals surface area contributed by atoms with E-state index in [0.29, 0.717) is 29.3 Å². The normalized spacial score (nSPS) is 10.7. The number of hydrogen-bond donors (Lipinski definition) is 3. The van der Waals surface area contributed by atoms with E-state index in [1.807, 2.05) is 30.3 Å². The molecule has 0 bridgehead atoms. The van der Waals surface area contributed by atoms with Gasteiger partial charge in [0.05, 0.1) is 10.5 Å². The van der Waals surface area contributed by atoms with E-state index in [1.54, 1.807) is 66.7 Å². The number of carbonyl (C=O) groups is 1. The molecule has 194 valence electrons. The number of amides is 1. The van der Waals surface area contributed by atoms with Gasteiger partial charge in [0.2, 0.25) is 0 Å². The average Bonchev–Trinajstić information content (AvgIpc) is 2.92. The van der Waals surface area contributed by atoms with Crippen molar-refractivity contribution in [3.63, 3.8) is 0 Å². The minimum absolute atomic E-state index is 0.0511. The number of para-hydroxylation sites is 3. The fraction of sp³-hybridized carbons (Fsp3) is 0.0714. The first-order chi connectivity index (χ1) is 18.4. The molecule has 0 heterocycles. The van der Waals surface area contributed by atoms with Gasteiger partial charge < -0.3 is 14.8 Å². The molecular weight excluding hydrogens is 522 g/mol. The number of anilines is 2. The van der Waals surface area contributed by atoms with Crippen molar-refractivity contribution >= 4 is 44.6 Å². The highest BCUT2D eigenvalue weighted by molar-refractivity contribution is 7.92. The van der Waals surface area contributed by atoms with Gasteiger partial charge in [0.25, 0.3) is 15.9 Å². The summed E-state index contributed by atoms with van der Waals surface area (Å²) in [7, 11) is -3.75. The molecule has 0 atom stereocenters. The first kappa shape index (κ1) is 26.6. The topological polar surface area (TPSA) is 106 Å². The number of thiocarbonyl (C=S) groups is 1. The summed E-state index contributed by atoms with van der Waals surface area (Å²) < 4.78 is 39.1. The highest BCUT2D eigenvalue weighted by atomic mass is 32.2. The van der Waals surface area contributed by atoms with Crippen LogP contribution in [-0.2, 0) is 10.0 Å². The third-order valence-corrected chi connectivity index (χ3v) is 6.76. The third-order valence-electron chi connectivity index (χ3n) is 5.16. The number of hydrogen-bond acceptors (Lipinski definition) is 6. The van der Waals surface area contributed by atoms with Crippen LogP contribution in [0.5, 0.6) is 11.5 Å². The number of ether oxygens (including phenoxy) is 2. The van der Waals surface area contributed by atoms with Gasteiger partial charge in [-0.05, 0) is 72.9 Å². The zero-order chi connectivity index (χ0) is 26.8. The Kier molecular flexibility index (Phi) is 8.91. The van der Waals surface area contributed by atoms with Gasteiger partial charge in [0.1, 0.15) is 24.7 Å². The summed E-state index contributed by atoms with van der Waals surface area (Å²) in [6.45, 7) is 0.558. The molecule has 4 aromatic carbocycles. The van der Waals surface area contributed by atoms with E-state index in [0.717, 1.165) is 5.75 Å². The smallest absolute Gasteiger partial charge is 0.261 e. The Hall–Kier alpha value is -4.41. The molecule has 3 N–H and O–H groups in total. The van der Waals surface area contributed by atoms with Gasteiger partial charge in [0.15, 0.2) is 5.11 Å². The first-order valence-corrected chi connectivity index (χ1v) is 13.5. The van der Waals surface area contributed by atoms with Crippen LogP contribution in [0, 0.1) is 0 Å². The van der Waals surface area contributed by atoms with E-state index in [1.165, 1.54) is 12.1 Å². The first-order valence-electron chi connectivity index (χ1n) is 11.6. The number of carbonyl (C=O) groups excluding carboxylic acids is 1. The Bertz CT molecular complexity index is 1480. The number of benzene rings is 4. The van der Waals surface area contributed by atoms with Crippen molar-refractivity contribution in [3.05, 3.63) is 115 Å². The molecule has 0 aliphatic heterocycles. The van der Waals surface area contributed by atoms with Crippen LogP contribution < -0.4 is 24.8 Å². The second-order valence-corrected chi connectivity index (χ2v) is 10.0. The fourth-order valence-corrected chi connectivity index (χ4v) is 4.65. The van der Waals surface area contributed by atoms with E-state index in [2.05, 4.69) is 15.4 Å². The summed E-state index contributed by atoms with van der Waals surface area (Å²) in [6, 6.07) is 30.8. The Labute approximate surface area is 226 Å². The van der Waals surface area contributed by atoms with Gasteiger partial charge in [0, 0.05) is 11.4 Å². The van der Waals surface area contributed by atoms with Gasteiger partial charge in [-0.25, -0.2) is 8.42 Å². The lowest BCUT2D eigenvalue weighted by molar-refractivity contribution is 0.0972. The molecule has 0 saturated heterocycles. The SMILES string of the molecule is O=C(NC(=S)Nc1ccc(S(=O)(=O)Nc2ccccc2)cc1)c1ccccc1OCCOc1ccccc1. The minimum Gasteiger partial charge on any atom is -0.490 e. The van der Waals surface area contributed by atoms with Crippen molar-refractivity contribution in [1.29, 1.82) is 0 Å². The maximum absolute atomic E-state index is 12.8. The van der Waals surface area contributed by atoms with Gasteiger partial charge >= 0.3 is 0 Å². The predicted octanol–water partition coefficient (Wildman–Crippen LogP) is 5.07. The van der Waals surface area contributed by atoms with E-state index in [4.69, 9.17) is 21.7 Å². The summed E-state index contributed by atoms with van der Waals surface area (Å²) in [5.74, 6) is 0.676.